The van der Waals surface area contributed by atoms with Crippen molar-refractivity contribution in [2.75, 3.05) is 0 Å². The SMILES string of the molecule is C/C=C/C=C/C(O)=C1/C(=O)[C@](C)(O)[C@]2(O)O[C@]3(C)C(=O)C(C)=C(O)/C(=C(O)\C=C\[C@H]4[C@H](C)[C@H]5\C(=C(O)/C=C/C=C/C)C(=O)[C@]4(C)C(=O)[C@@]5(C)O)[C@@H]3[C@]2(C)C1=O. The highest BCUT2D eigenvalue weighted by molar-refractivity contribution is 6.29. The third-order valence-corrected chi connectivity index (χ3v) is 12.6. The average Bonchev–Trinajstić information content (AvgIpc) is 3.31. The molecule has 294 valence electrons. The van der Waals surface area contributed by atoms with Gasteiger partial charge in [-0.05, 0) is 79.5 Å². The smallest absolute Gasteiger partial charge is 0.217 e. The zero-order chi connectivity index (χ0) is 41.6. The second-order valence-electron chi connectivity index (χ2n) is 15.9. The highest BCUT2D eigenvalue weighted by atomic mass is 16.7. The quantitative estimate of drug-likeness (QED) is 0.0652. The van der Waals surface area contributed by atoms with Crippen LogP contribution in [-0.2, 0) is 28.7 Å². The minimum Gasteiger partial charge on any atom is -0.508 e. The van der Waals surface area contributed by atoms with Crippen LogP contribution in [0.4, 0.5) is 0 Å². The molecule has 5 aliphatic carbocycles. The number of ketones is 5. The van der Waals surface area contributed by atoms with Crippen LogP contribution in [0.3, 0.4) is 0 Å². The van der Waals surface area contributed by atoms with Gasteiger partial charge < -0.3 is 40.5 Å². The number of carbonyl (C=O) groups is 5. The number of fused-ring (bicyclic) bond motifs is 6. The zero-order valence-electron chi connectivity index (χ0n) is 32.2. The van der Waals surface area contributed by atoms with Crippen LogP contribution in [0.2, 0.25) is 0 Å². The minimum absolute atomic E-state index is 0.134. The highest BCUT2D eigenvalue weighted by Crippen LogP contribution is 2.67. The number of ether oxygens (including phenoxy) is 1. The molecule has 1 saturated heterocycles. The lowest BCUT2D eigenvalue weighted by molar-refractivity contribution is -0.313. The molecule has 6 aliphatic rings. The fourth-order valence-electron chi connectivity index (χ4n) is 9.83. The maximum Gasteiger partial charge on any atom is 0.217 e. The molecule has 1 aliphatic heterocycles. The molecule has 0 spiro atoms. The Morgan fingerprint density at radius 3 is 1.78 bits per heavy atom. The molecule has 13 heteroatoms. The van der Waals surface area contributed by atoms with Crippen LogP contribution in [0.1, 0.15) is 62.3 Å². The predicted molar refractivity (Wildman–Crippen MR) is 198 cm³/mol. The Labute approximate surface area is 318 Å². The van der Waals surface area contributed by atoms with Crippen LogP contribution in [0.25, 0.3) is 0 Å². The summed E-state index contributed by atoms with van der Waals surface area (Å²) < 4.78 is 5.94. The molecule has 0 aromatic heterocycles. The van der Waals surface area contributed by atoms with Crippen molar-refractivity contribution in [1.82, 2.24) is 0 Å². The molecule has 4 saturated carbocycles. The topological polar surface area (TPSA) is 236 Å². The first-order valence-corrected chi connectivity index (χ1v) is 17.9. The number of Topliss-reactive ketones (excluding diaryl/α,β-unsaturated/α-hetero) is 5. The molecule has 2 bridgehead atoms. The van der Waals surface area contributed by atoms with Crippen LogP contribution in [-0.4, -0.2) is 87.3 Å². The number of rotatable bonds is 6. The Bertz CT molecular complexity index is 2100. The summed E-state index contributed by atoms with van der Waals surface area (Å²) in [7, 11) is 0. The van der Waals surface area contributed by atoms with E-state index in [-0.39, 0.29) is 11.1 Å². The van der Waals surface area contributed by atoms with E-state index in [0.717, 1.165) is 26.0 Å². The van der Waals surface area contributed by atoms with E-state index in [1.165, 1.54) is 58.1 Å². The van der Waals surface area contributed by atoms with Crippen molar-refractivity contribution in [3.8, 4) is 0 Å². The van der Waals surface area contributed by atoms with E-state index in [1.807, 2.05) is 0 Å². The molecule has 6 rings (SSSR count). The number of hydrogen-bond donors (Lipinski definition) is 7. The number of hydrogen-bond acceptors (Lipinski definition) is 13. The summed E-state index contributed by atoms with van der Waals surface area (Å²) in [4.78, 5) is 70.1. The molecule has 7 N–H and O–H groups in total. The second kappa shape index (κ2) is 13.1. The van der Waals surface area contributed by atoms with Gasteiger partial charge in [0.1, 0.15) is 39.8 Å². The lowest BCUT2D eigenvalue weighted by Crippen LogP contribution is -2.72. The lowest BCUT2D eigenvalue weighted by atomic mass is 9.44. The molecule has 0 amide bonds. The van der Waals surface area contributed by atoms with E-state index in [0.29, 0.717) is 0 Å². The van der Waals surface area contributed by atoms with Gasteiger partial charge in [0.05, 0.1) is 10.8 Å². The standard InChI is InChI=1S/C42H48O13/c1-10-12-14-16-23(43)26-29-20(3)22(37(5,33(26)48)36(51)39(29,7)52)18-19-25(45)27-30(46)21(4)32(47)40(8)31(27)38(6)34(49)28(24(44)17-15-13-11-2)35(50)41(9,53)42(38,54)55-40/h10-20,22,29,31,43-46,52-54H,1-9H3/b12-10+,13-11+,16-14+,17-15+,19-18+,26-23-,27-25-,28-24-/t20-,22-,29-,31+,37+,38+,39-,40-,41-,42+/m0/s1. The van der Waals surface area contributed by atoms with Gasteiger partial charge in [-0.25, -0.2) is 0 Å². The zero-order valence-corrected chi connectivity index (χ0v) is 32.2. The molecule has 13 nitrogen and oxygen atoms in total. The molecule has 55 heavy (non-hydrogen) atoms. The number of aliphatic hydroxyl groups excluding tert-OH is 4. The van der Waals surface area contributed by atoms with Gasteiger partial charge in [-0.1, -0.05) is 49.5 Å². The van der Waals surface area contributed by atoms with E-state index < -0.39 is 120 Å². The molecule has 0 radical (unpaired) electrons. The highest BCUT2D eigenvalue weighted by Gasteiger charge is 2.83. The Balaban J connectivity index is 1.74. The van der Waals surface area contributed by atoms with Crippen molar-refractivity contribution in [3.63, 3.8) is 0 Å². The van der Waals surface area contributed by atoms with Gasteiger partial charge in [-0.2, -0.15) is 0 Å². The van der Waals surface area contributed by atoms with Crippen LogP contribution >= 0.6 is 0 Å². The van der Waals surface area contributed by atoms with E-state index in [1.54, 1.807) is 39.0 Å². The van der Waals surface area contributed by atoms with Crippen molar-refractivity contribution in [3.05, 3.63) is 106 Å². The van der Waals surface area contributed by atoms with Crippen LogP contribution in [0.15, 0.2) is 106 Å². The Morgan fingerprint density at radius 1 is 0.709 bits per heavy atom. The molecular weight excluding hydrogens is 712 g/mol. The van der Waals surface area contributed by atoms with Crippen molar-refractivity contribution >= 4 is 28.9 Å². The normalized spacial score (nSPS) is 43.6. The van der Waals surface area contributed by atoms with E-state index >= 15 is 0 Å². The number of aliphatic hydroxyl groups is 7. The Morgan fingerprint density at radius 2 is 1.24 bits per heavy atom. The fourth-order valence-corrected chi connectivity index (χ4v) is 9.83. The summed E-state index contributed by atoms with van der Waals surface area (Å²) in [6.07, 6.45) is 13.9. The molecule has 1 heterocycles. The summed E-state index contributed by atoms with van der Waals surface area (Å²) in [6.45, 7) is 12.0. The van der Waals surface area contributed by atoms with Crippen LogP contribution in [0.5, 0.6) is 0 Å². The first-order valence-electron chi connectivity index (χ1n) is 17.9. The van der Waals surface area contributed by atoms with Gasteiger partial charge in [0.2, 0.25) is 11.6 Å². The fraction of sp³-hybridized carbons (Fsp3) is 0.452. The van der Waals surface area contributed by atoms with Gasteiger partial charge in [-0.15, -0.1) is 0 Å². The molecule has 10 atom stereocenters. The molecule has 0 aromatic rings. The first kappa shape index (κ1) is 41.2. The van der Waals surface area contributed by atoms with Gasteiger partial charge in [0.15, 0.2) is 28.7 Å². The molecular formula is C42H48O13. The van der Waals surface area contributed by atoms with Gasteiger partial charge >= 0.3 is 0 Å². The summed E-state index contributed by atoms with van der Waals surface area (Å²) in [5, 5.41) is 80.8. The Kier molecular flexibility index (Phi) is 9.80. The van der Waals surface area contributed by atoms with Crippen molar-refractivity contribution in [2.24, 2.45) is 34.5 Å². The van der Waals surface area contributed by atoms with E-state index in [2.05, 4.69) is 0 Å². The van der Waals surface area contributed by atoms with Crippen LogP contribution < -0.4 is 0 Å². The van der Waals surface area contributed by atoms with E-state index in [9.17, 15) is 59.7 Å². The molecule has 0 unspecified atom stereocenters. The number of carbonyl (C=O) groups excluding carboxylic acids is 5. The summed E-state index contributed by atoms with van der Waals surface area (Å²) in [5.41, 5.74) is -13.8. The van der Waals surface area contributed by atoms with Gasteiger partial charge in [0, 0.05) is 34.5 Å². The van der Waals surface area contributed by atoms with Crippen LogP contribution in [0, 0.1) is 34.5 Å². The predicted octanol–water partition coefficient (Wildman–Crippen LogP) is 4.45. The maximum atomic E-state index is 14.5. The molecule has 5 fully saturated rings. The largest absolute Gasteiger partial charge is 0.508 e. The lowest BCUT2D eigenvalue weighted by Gasteiger charge is -2.57. The third-order valence-electron chi connectivity index (χ3n) is 12.6. The van der Waals surface area contributed by atoms with E-state index in [4.69, 9.17) is 4.74 Å². The summed E-state index contributed by atoms with van der Waals surface area (Å²) in [6, 6.07) is 0. The summed E-state index contributed by atoms with van der Waals surface area (Å²) in [5.74, 6) is -16.0. The minimum atomic E-state index is -3.17. The van der Waals surface area contributed by atoms with Crippen molar-refractivity contribution in [1.29, 1.82) is 0 Å². The maximum absolute atomic E-state index is 14.5. The van der Waals surface area contributed by atoms with Gasteiger partial charge in [0.25, 0.3) is 0 Å². The summed E-state index contributed by atoms with van der Waals surface area (Å²) >= 11 is 0. The van der Waals surface area contributed by atoms with Crippen molar-refractivity contribution in [2.45, 2.75) is 84.9 Å². The third kappa shape index (κ3) is 5.09. The van der Waals surface area contributed by atoms with Crippen molar-refractivity contribution < 1.29 is 64.5 Å². The average molecular weight is 761 g/mol. The molecule has 0 aromatic carbocycles. The second-order valence-corrected chi connectivity index (χ2v) is 15.9. The first-order chi connectivity index (χ1) is 25.3. The Hall–Kier alpha value is -4.95. The number of allylic oxidation sites excluding steroid dienone is 11. The monoisotopic (exact) mass is 760 g/mol. The van der Waals surface area contributed by atoms with Gasteiger partial charge in [-0.3, -0.25) is 24.0 Å².